The lowest BCUT2D eigenvalue weighted by atomic mass is 10.0. The number of amides is 1. The highest BCUT2D eigenvalue weighted by Crippen LogP contribution is 2.34. The highest BCUT2D eigenvalue weighted by molar-refractivity contribution is 8.15. The number of benzene rings is 2. The number of rotatable bonds is 4. The summed E-state index contributed by atoms with van der Waals surface area (Å²) in [6.45, 7) is 4.26. The van der Waals surface area contributed by atoms with E-state index in [1.807, 2.05) is 36.4 Å². The van der Waals surface area contributed by atoms with Crippen LogP contribution in [0.3, 0.4) is 0 Å². The second kappa shape index (κ2) is 7.84. The monoisotopic (exact) mass is 429 g/mol. The summed E-state index contributed by atoms with van der Waals surface area (Å²) in [5.74, 6) is 0.552. The van der Waals surface area contributed by atoms with Crippen molar-refractivity contribution in [3.05, 3.63) is 59.7 Å². The average molecular weight is 430 g/mol. The smallest absolute Gasteiger partial charge is 0.255 e. The van der Waals surface area contributed by atoms with Crippen LogP contribution in [0.1, 0.15) is 35.7 Å². The quantitative estimate of drug-likeness (QED) is 0.773. The molecule has 2 aliphatic heterocycles. The number of amidine groups is 1. The Hall–Kier alpha value is -2.32. The van der Waals surface area contributed by atoms with Gasteiger partial charge in [-0.15, -0.1) is 0 Å². The van der Waals surface area contributed by atoms with Crippen LogP contribution in [-0.2, 0) is 9.84 Å². The van der Waals surface area contributed by atoms with Crippen molar-refractivity contribution in [1.29, 1.82) is 0 Å². The summed E-state index contributed by atoms with van der Waals surface area (Å²) < 4.78 is 23.4. The number of nitrogens with one attached hydrogen (secondary N) is 2. The van der Waals surface area contributed by atoms with Gasteiger partial charge in [-0.1, -0.05) is 43.8 Å². The Morgan fingerprint density at radius 1 is 1.10 bits per heavy atom. The molecule has 0 radical (unpaired) electrons. The fourth-order valence-corrected chi connectivity index (χ4v) is 7.11. The number of hydrogen-bond acceptors (Lipinski definition) is 6. The van der Waals surface area contributed by atoms with Crippen LogP contribution in [0.4, 0.5) is 11.4 Å². The van der Waals surface area contributed by atoms with Gasteiger partial charge in [0.05, 0.1) is 17.5 Å². The molecule has 0 bridgehead atoms. The fraction of sp³-hybridized carbons (Fsp3) is 0.333. The first-order chi connectivity index (χ1) is 13.8. The van der Waals surface area contributed by atoms with E-state index in [1.54, 1.807) is 12.1 Å². The van der Waals surface area contributed by atoms with Gasteiger partial charge in [0.2, 0.25) is 0 Å². The molecule has 0 saturated carbocycles. The number of fused-ring (bicyclic) bond motifs is 1. The van der Waals surface area contributed by atoms with Crippen LogP contribution in [-0.4, -0.2) is 42.3 Å². The van der Waals surface area contributed by atoms with E-state index >= 15 is 0 Å². The summed E-state index contributed by atoms with van der Waals surface area (Å²) in [6.07, 6.45) is 0. The third-order valence-corrected chi connectivity index (χ3v) is 8.17. The predicted octanol–water partition coefficient (Wildman–Crippen LogP) is 3.74. The summed E-state index contributed by atoms with van der Waals surface area (Å²) in [4.78, 5) is 17.1. The Morgan fingerprint density at radius 3 is 2.55 bits per heavy atom. The maximum absolute atomic E-state index is 12.6. The molecule has 2 aliphatic rings. The lowest BCUT2D eigenvalue weighted by Crippen LogP contribution is -2.14. The number of anilines is 2. The van der Waals surface area contributed by atoms with E-state index in [-0.39, 0.29) is 28.7 Å². The van der Waals surface area contributed by atoms with Gasteiger partial charge in [0, 0.05) is 22.2 Å². The van der Waals surface area contributed by atoms with Crippen molar-refractivity contribution in [2.45, 2.75) is 31.1 Å². The molecule has 1 saturated heterocycles. The van der Waals surface area contributed by atoms with E-state index in [4.69, 9.17) is 0 Å². The standard InChI is InChI=1S/C21H23N3O3S2/c1-13(2)14-6-8-16(9-7-14)22-20(25)15-4-3-5-17(10-15)23-21-24-18-11-29(26,27)12-19(18)28-21/h3-10,13,18-19H,11-12H2,1-2H3,(H,22,25)(H,23,24)/t18-,19-/m0/s1. The van der Waals surface area contributed by atoms with E-state index in [1.165, 1.54) is 17.3 Å². The number of aliphatic imine (C=N–C) groups is 1. The van der Waals surface area contributed by atoms with Crippen molar-refractivity contribution < 1.29 is 13.2 Å². The molecule has 2 aromatic rings. The van der Waals surface area contributed by atoms with Gasteiger partial charge in [-0.25, -0.2) is 8.42 Å². The second-order valence-electron chi connectivity index (χ2n) is 7.67. The lowest BCUT2D eigenvalue weighted by molar-refractivity contribution is 0.102. The molecule has 2 aromatic carbocycles. The first-order valence-corrected chi connectivity index (χ1v) is 12.2. The zero-order chi connectivity index (χ0) is 20.6. The Labute approximate surface area is 175 Å². The van der Waals surface area contributed by atoms with Crippen LogP contribution >= 0.6 is 11.8 Å². The molecule has 0 aromatic heterocycles. The summed E-state index contributed by atoms with van der Waals surface area (Å²) in [5, 5.41) is 6.83. The Balaban J connectivity index is 1.41. The molecule has 152 valence electrons. The van der Waals surface area contributed by atoms with Crippen molar-refractivity contribution in [3.8, 4) is 0 Å². The van der Waals surface area contributed by atoms with E-state index < -0.39 is 9.84 Å². The molecule has 6 nitrogen and oxygen atoms in total. The number of thioether (sulfide) groups is 1. The molecule has 2 atom stereocenters. The summed E-state index contributed by atoms with van der Waals surface area (Å²) in [6, 6.07) is 14.9. The Morgan fingerprint density at radius 2 is 1.86 bits per heavy atom. The van der Waals surface area contributed by atoms with Crippen LogP contribution in [0.5, 0.6) is 0 Å². The van der Waals surface area contributed by atoms with Crippen LogP contribution in [0, 0.1) is 0 Å². The highest BCUT2D eigenvalue weighted by Gasteiger charge is 2.42. The highest BCUT2D eigenvalue weighted by atomic mass is 32.2. The summed E-state index contributed by atoms with van der Waals surface area (Å²) >= 11 is 1.46. The number of nitrogens with zero attached hydrogens (tertiary/aromatic N) is 1. The van der Waals surface area contributed by atoms with Gasteiger partial charge in [0.15, 0.2) is 15.0 Å². The van der Waals surface area contributed by atoms with E-state index in [0.717, 1.165) is 11.4 Å². The Bertz CT molecular complexity index is 1060. The average Bonchev–Trinajstić information content (AvgIpc) is 3.14. The third kappa shape index (κ3) is 4.64. The second-order valence-corrected chi connectivity index (χ2v) is 11.1. The van der Waals surface area contributed by atoms with Crippen LogP contribution < -0.4 is 10.6 Å². The third-order valence-electron chi connectivity index (χ3n) is 5.03. The number of carbonyl (C=O) groups is 1. The molecule has 1 amide bonds. The predicted molar refractivity (Wildman–Crippen MR) is 120 cm³/mol. The maximum Gasteiger partial charge on any atom is 0.255 e. The van der Waals surface area contributed by atoms with Crippen LogP contribution in [0.2, 0.25) is 0 Å². The van der Waals surface area contributed by atoms with E-state index in [9.17, 15) is 13.2 Å². The minimum atomic E-state index is -2.97. The van der Waals surface area contributed by atoms with Crippen LogP contribution in [0.25, 0.3) is 0 Å². The van der Waals surface area contributed by atoms with E-state index in [0.29, 0.717) is 16.6 Å². The zero-order valence-electron chi connectivity index (χ0n) is 16.3. The molecule has 8 heteroatoms. The van der Waals surface area contributed by atoms with Gasteiger partial charge in [-0.05, 0) is 41.8 Å². The largest absolute Gasteiger partial charge is 0.335 e. The minimum Gasteiger partial charge on any atom is -0.335 e. The van der Waals surface area contributed by atoms with Gasteiger partial charge in [-0.3, -0.25) is 9.79 Å². The van der Waals surface area contributed by atoms with Crippen LogP contribution in [0.15, 0.2) is 53.5 Å². The molecule has 0 aliphatic carbocycles. The topological polar surface area (TPSA) is 87.6 Å². The van der Waals surface area contributed by atoms with E-state index in [2.05, 4.69) is 29.5 Å². The van der Waals surface area contributed by atoms with Crippen molar-refractivity contribution in [1.82, 2.24) is 0 Å². The molecule has 1 fully saturated rings. The van der Waals surface area contributed by atoms with Gasteiger partial charge in [-0.2, -0.15) is 0 Å². The van der Waals surface area contributed by atoms with Crippen molar-refractivity contribution in [2.24, 2.45) is 4.99 Å². The van der Waals surface area contributed by atoms with Crippen molar-refractivity contribution in [2.75, 3.05) is 22.1 Å². The van der Waals surface area contributed by atoms with Gasteiger partial charge in [0.1, 0.15) is 0 Å². The first-order valence-electron chi connectivity index (χ1n) is 9.52. The van der Waals surface area contributed by atoms with Gasteiger partial charge >= 0.3 is 0 Å². The molecule has 0 unspecified atom stereocenters. The first kappa shape index (κ1) is 20.0. The molecule has 2 N–H and O–H groups in total. The molecule has 29 heavy (non-hydrogen) atoms. The lowest BCUT2D eigenvalue weighted by Gasteiger charge is -2.10. The summed E-state index contributed by atoms with van der Waals surface area (Å²) in [7, 11) is -2.97. The van der Waals surface area contributed by atoms with Crippen molar-refractivity contribution >= 4 is 44.0 Å². The molecular formula is C21H23N3O3S2. The number of hydrogen-bond donors (Lipinski definition) is 2. The van der Waals surface area contributed by atoms with Gasteiger partial charge < -0.3 is 10.6 Å². The zero-order valence-corrected chi connectivity index (χ0v) is 17.9. The fourth-order valence-electron chi connectivity index (χ4n) is 3.43. The normalized spacial score (nSPS) is 22.2. The Kier molecular flexibility index (Phi) is 5.40. The molecule has 0 spiro atoms. The minimum absolute atomic E-state index is 0.0113. The molecule has 4 rings (SSSR count). The summed E-state index contributed by atoms with van der Waals surface area (Å²) in [5.41, 5.74) is 3.26. The number of carbonyl (C=O) groups excluding carboxylic acids is 1. The molecule has 2 heterocycles. The number of sulfone groups is 1. The maximum atomic E-state index is 12.6. The molecular weight excluding hydrogens is 406 g/mol. The SMILES string of the molecule is CC(C)c1ccc(NC(=O)c2cccc(NC3=N[C@H]4CS(=O)(=O)C[C@@H]4S3)c2)cc1. The van der Waals surface area contributed by atoms with Crippen molar-refractivity contribution in [3.63, 3.8) is 0 Å². The van der Waals surface area contributed by atoms with Gasteiger partial charge in [0.25, 0.3) is 5.91 Å².